The van der Waals surface area contributed by atoms with Gasteiger partial charge in [-0.25, -0.2) is 0 Å². The monoisotopic (exact) mass is 239 g/mol. The van der Waals surface area contributed by atoms with Crippen LogP contribution >= 0.6 is 11.6 Å². The number of rotatable bonds is 1. The van der Waals surface area contributed by atoms with Crippen LogP contribution in [0.4, 0.5) is 0 Å². The molecule has 2 rings (SSSR count). The van der Waals surface area contributed by atoms with Crippen LogP contribution in [0.1, 0.15) is 36.2 Å². The number of likely N-dealkylation sites (tertiary alicyclic amines) is 1. The van der Waals surface area contributed by atoms with Crippen LogP contribution in [0.25, 0.3) is 0 Å². The summed E-state index contributed by atoms with van der Waals surface area (Å²) < 4.78 is 0. The first-order valence-electron chi connectivity index (χ1n) is 5.56. The molecule has 0 unspecified atom stereocenters. The first kappa shape index (κ1) is 11.3. The van der Waals surface area contributed by atoms with Crippen molar-refractivity contribution in [2.45, 2.75) is 25.7 Å². The van der Waals surface area contributed by atoms with Crippen LogP contribution in [0.15, 0.2) is 12.1 Å². The Balaban J connectivity index is 2.08. The summed E-state index contributed by atoms with van der Waals surface area (Å²) in [5.74, 6) is -0.0360. The largest absolute Gasteiger partial charge is 0.337 e. The summed E-state index contributed by atoms with van der Waals surface area (Å²) in [6.07, 6.45) is 4.56. The lowest BCUT2D eigenvalue weighted by molar-refractivity contribution is 0.0754. The number of hydrogen-bond acceptors (Lipinski definition) is 3. The van der Waals surface area contributed by atoms with Gasteiger partial charge >= 0.3 is 0 Å². The third-order valence-corrected chi connectivity index (χ3v) is 2.95. The van der Waals surface area contributed by atoms with Gasteiger partial charge in [0.05, 0.1) is 0 Å². The van der Waals surface area contributed by atoms with Crippen molar-refractivity contribution in [3.8, 4) is 0 Å². The predicted octanol–water partition coefficient (Wildman–Crippen LogP) is 2.15. The number of aromatic nitrogens is 2. The molecule has 1 amide bonds. The van der Waals surface area contributed by atoms with E-state index in [0.29, 0.717) is 10.8 Å². The molecular formula is C11H14ClN3O. The van der Waals surface area contributed by atoms with Crippen LogP contribution < -0.4 is 0 Å². The standard InChI is InChI=1S/C11H14ClN3O/c12-10-6-5-9(13-14-10)11(16)15-7-3-1-2-4-8-15/h5-6H,1-4,7-8H2. The third kappa shape index (κ3) is 2.70. The molecule has 1 aromatic rings. The maximum Gasteiger partial charge on any atom is 0.274 e. The molecule has 1 aromatic heterocycles. The van der Waals surface area contributed by atoms with Crippen LogP contribution in [-0.2, 0) is 0 Å². The third-order valence-electron chi connectivity index (χ3n) is 2.74. The summed E-state index contributed by atoms with van der Waals surface area (Å²) in [6.45, 7) is 1.65. The molecule has 86 valence electrons. The molecule has 0 N–H and O–H groups in total. The van der Waals surface area contributed by atoms with Crippen molar-refractivity contribution in [3.63, 3.8) is 0 Å². The van der Waals surface area contributed by atoms with Crippen molar-refractivity contribution in [3.05, 3.63) is 23.0 Å². The Morgan fingerprint density at radius 2 is 1.81 bits per heavy atom. The highest BCUT2D eigenvalue weighted by atomic mass is 35.5. The summed E-state index contributed by atoms with van der Waals surface area (Å²) in [5.41, 5.74) is 0.381. The summed E-state index contributed by atoms with van der Waals surface area (Å²) >= 11 is 5.63. The number of carbonyl (C=O) groups excluding carboxylic acids is 1. The van der Waals surface area contributed by atoms with Crippen LogP contribution in [-0.4, -0.2) is 34.1 Å². The van der Waals surface area contributed by atoms with Crippen molar-refractivity contribution in [1.82, 2.24) is 15.1 Å². The molecule has 16 heavy (non-hydrogen) atoms. The van der Waals surface area contributed by atoms with Gasteiger partial charge in [-0.15, -0.1) is 10.2 Å². The molecule has 0 bridgehead atoms. The average molecular weight is 240 g/mol. The van der Waals surface area contributed by atoms with Gasteiger partial charge in [-0.3, -0.25) is 4.79 Å². The first-order chi connectivity index (χ1) is 7.77. The second-order valence-electron chi connectivity index (χ2n) is 3.95. The minimum atomic E-state index is -0.0360. The molecule has 1 saturated heterocycles. The van der Waals surface area contributed by atoms with Gasteiger partial charge in [0.25, 0.3) is 5.91 Å². The highest BCUT2D eigenvalue weighted by Gasteiger charge is 2.18. The molecule has 0 aliphatic carbocycles. The van der Waals surface area contributed by atoms with E-state index in [9.17, 15) is 4.79 Å². The minimum Gasteiger partial charge on any atom is -0.337 e. The quantitative estimate of drug-likeness (QED) is 0.754. The maximum atomic E-state index is 12.0. The van der Waals surface area contributed by atoms with Crippen LogP contribution in [0.2, 0.25) is 5.15 Å². The smallest absolute Gasteiger partial charge is 0.274 e. The van der Waals surface area contributed by atoms with Crippen LogP contribution in [0.3, 0.4) is 0 Å². The predicted molar refractivity (Wildman–Crippen MR) is 61.4 cm³/mol. The molecule has 0 aromatic carbocycles. The molecule has 0 saturated carbocycles. The van der Waals surface area contributed by atoms with Crippen molar-refractivity contribution in [1.29, 1.82) is 0 Å². The average Bonchev–Trinajstić information content (AvgIpc) is 2.57. The second-order valence-corrected chi connectivity index (χ2v) is 4.33. The maximum absolute atomic E-state index is 12.0. The van der Waals surface area contributed by atoms with Crippen LogP contribution in [0.5, 0.6) is 0 Å². The lowest BCUT2D eigenvalue weighted by atomic mass is 10.2. The van der Waals surface area contributed by atoms with E-state index in [4.69, 9.17) is 11.6 Å². The fourth-order valence-electron chi connectivity index (χ4n) is 1.87. The SMILES string of the molecule is O=C(c1ccc(Cl)nn1)N1CCCCCC1. The zero-order valence-corrected chi connectivity index (χ0v) is 9.78. The molecule has 0 radical (unpaired) electrons. The zero-order valence-electron chi connectivity index (χ0n) is 9.03. The van der Waals surface area contributed by atoms with Gasteiger partial charge in [0.2, 0.25) is 0 Å². The molecule has 5 heteroatoms. The van der Waals surface area contributed by atoms with Gasteiger partial charge in [-0.1, -0.05) is 24.4 Å². The second kappa shape index (κ2) is 5.25. The van der Waals surface area contributed by atoms with Gasteiger partial charge in [-0.2, -0.15) is 0 Å². The molecule has 0 atom stereocenters. The van der Waals surface area contributed by atoms with E-state index < -0.39 is 0 Å². The summed E-state index contributed by atoms with van der Waals surface area (Å²) in [4.78, 5) is 13.9. The van der Waals surface area contributed by atoms with Crippen molar-refractivity contribution < 1.29 is 4.79 Å². The van der Waals surface area contributed by atoms with Gasteiger partial charge < -0.3 is 4.90 Å². The normalized spacial score (nSPS) is 16.9. The molecule has 4 nitrogen and oxygen atoms in total. The minimum absolute atomic E-state index is 0.0360. The first-order valence-corrected chi connectivity index (χ1v) is 5.94. The van der Waals surface area contributed by atoms with E-state index in [1.807, 2.05) is 4.90 Å². The van der Waals surface area contributed by atoms with Crippen LogP contribution in [0, 0.1) is 0 Å². The Bertz CT molecular complexity index is 358. The van der Waals surface area contributed by atoms with E-state index in [2.05, 4.69) is 10.2 Å². The van der Waals surface area contributed by atoms with E-state index >= 15 is 0 Å². The van der Waals surface area contributed by atoms with Gasteiger partial charge in [0.1, 0.15) is 0 Å². The zero-order chi connectivity index (χ0) is 11.4. The molecular weight excluding hydrogens is 226 g/mol. The topological polar surface area (TPSA) is 46.1 Å². The summed E-state index contributed by atoms with van der Waals surface area (Å²) in [5, 5.41) is 7.81. The van der Waals surface area contributed by atoms with Crippen molar-refractivity contribution in [2.75, 3.05) is 13.1 Å². The Morgan fingerprint density at radius 1 is 1.12 bits per heavy atom. The van der Waals surface area contributed by atoms with E-state index in [0.717, 1.165) is 25.9 Å². The summed E-state index contributed by atoms with van der Waals surface area (Å²) in [6, 6.07) is 3.22. The highest BCUT2D eigenvalue weighted by Crippen LogP contribution is 2.12. The molecule has 2 heterocycles. The van der Waals surface area contributed by atoms with Gasteiger partial charge in [0.15, 0.2) is 10.8 Å². The number of nitrogens with zero attached hydrogens (tertiary/aromatic N) is 3. The lowest BCUT2D eigenvalue weighted by Gasteiger charge is -2.19. The van der Waals surface area contributed by atoms with E-state index in [1.54, 1.807) is 12.1 Å². The Hall–Kier alpha value is -1.16. The Morgan fingerprint density at radius 3 is 2.38 bits per heavy atom. The number of amides is 1. The number of halogens is 1. The Kier molecular flexibility index (Phi) is 3.72. The number of hydrogen-bond donors (Lipinski definition) is 0. The van der Waals surface area contributed by atoms with E-state index in [-0.39, 0.29) is 5.91 Å². The van der Waals surface area contributed by atoms with E-state index in [1.165, 1.54) is 12.8 Å². The fourth-order valence-corrected chi connectivity index (χ4v) is 1.97. The fraction of sp³-hybridized carbons (Fsp3) is 0.545. The lowest BCUT2D eigenvalue weighted by Crippen LogP contribution is -2.32. The summed E-state index contributed by atoms with van der Waals surface area (Å²) in [7, 11) is 0. The highest BCUT2D eigenvalue weighted by molar-refractivity contribution is 6.29. The molecule has 1 aliphatic rings. The van der Waals surface area contributed by atoms with Crippen molar-refractivity contribution >= 4 is 17.5 Å². The Labute approximate surface area is 99.6 Å². The van der Waals surface area contributed by atoms with Crippen molar-refractivity contribution in [2.24, 2.45) is 0 Å². The molecule has 0 spiro atoms. The molecule has 1 aliphatic heterocycles. The van der Waals surface area contributed by atoms with Gasteiger partial charge in [0, 0.05) is 13.1 Å². The van der Waals surface area contributed by atoms with Gasteiger partial charge in [-0.05, 0) is 25.0 Å². The molecule has 1 fully saturated rings. The number of carbonyl (C=O) groups is 1.